The minimum atomic E-state index is -0.465. The summed E-state index contributed by atoms with van der Waals surface area (Å²) in [7, 11) is 1.45. The third kappa shape index (κ3) is 4.20. The van der Waals surface area contributed by atoms with E-state index in [0.29, 0.717) is 13.1 Å². The lowest BCUT2D eigenvalue weighted by atomic mass is 10.1. The molecular weight excluding hydrogens is 269 g/mol. The Balaban J connectivity index is 2.21. The van der Waals surface area contributed by atoms with Crippen molar-refractivity contribution in [3.05, 3.63) is 59.9 Å². The molecule has 0 aliphatic heterocycles. The normalized spacial score (nSPS) is 12.0. The van der Waals surface area contributed by atoms with E-state index in [2.05, 4.69) is 0 Å². The Morgan fingerprint density at radius 2 is 1.90 bits per heavy atom. The van der Waals surface area contributed by atoms with Gasteiger partial charge in [-0.3, -0.25) is 0 Å². The van der Waals surface area contributed by atoms with Crippen LogP contribution < -0.4 is 9.64 Å². The highest BCUT2D eigenvalue weighted by Gasteiger charge is 2.11. The van der Waals surface area contributed by atoms with Gasteiger partial charge in [0.2, 0.25) is 0 Å². The van der Waals surface area contributed by atoms with Crippen molar-refractivity contribution in [2.75, 3.05) is 18.6 Å². The molecule has 1 unspecified atom stereocenters. The molecule has 0 bridgehead atoms. The van der Waals surface area contributed by atoms with Crippen molar-refractivity contribution in [1.82, 2.24) is 0 Å². The first kappa shape index (κ1) is 15.3. The van der Waals surface area contributed by atoms with Gasteiger partial charge in [0.25, 0.3) is 0 Å². The molecule has 0 heterocycles. The molecule has 1 atom stereocenters. The summed E-state index contributed by atoms with van der Waals surface area (Å²) in [4.78, 5) is 2.02. The van der Waals surface area contributed by atoms with Gasteiger partial charge in [-0.25, -0.2) is 4.39 Å². The highest BCUT2D eigenvalue weighted by Crippen LogP contribution is 2.21. The predicted octanol–water partition coefficient (Wildman–Crippen LogP) is 3.22. The molecule has 3 nitrogen and oxygen atoms in total. The van der Waals surface area contributed by atoms with Gasteiger partial charge >= 0.3 is 0 Å². The average molecular weight is 289 g/mol. The molecule has 0 spiro atoms. The van der Waals surface area contributed by atoms with E-state index in [1.54, 1.807) is 13.0 Å². The van der Waals surface area contributed by atoms with Gasteiger partial charge in [-0.2, -0.15) is 0 Å². The second-order valence-electron chi connectivity index (χ2n) is 5.03. The summed E-state index contributed by atoms with van der Waals surface area (Å²) in [5, 5.41) is 9.66. The van der Waals surface area contributed by atoms with Gasteiger partial charge in [0.1, 0.15) is 0 Å². The second-order valence-corrected chi connectivity index (χ2v) is 5.03. The Hall–Kier alpha value is -2.07. The van der Waals surface area contributed by atoms with E-state index in [9.17, 15) is 9.50 Å². The number of aliphatic hydroxyl groups excluding tert-OH is 1. The molecule has 21 heavy (non-hydrogen) atoms. The van der Waals surface area contributed by atoms with E-state index < -0.39 is 6.10 Å². The molecular formula is C17H20FNO2. The summed E-state index contributed by atoms with van der Waals surface area (Å²) in [6, 6.07) is 14.7. The number of para-hydroxylation sites is 1. The van der Waals surface area contributed by atoms with Gasteiger partial charge in [0.05, 0.1) is 13.2 Å². The highest BCUT2D eigenvalue weighted by atomic mass is 19.1. The minimum absolute atomic E-state index is 0.237. The monoisotopic (exact) mass is 289 g/mol. The summed E-state index contributed by atoms with van der Waals surface area (Å²) >= 11 is 0. The molecule has 2 rings (SSSR count). The molecule has 0 aliphatic carbocycles. The van der Waals surface area contributed by atoms with Crippen LogP contribution in [0.3, 0.4) is 0 Å². The molecule has 0 saturated heterocycles. The van der Waals surface area contributed by atoms with E-state index in [0.717, 1.165) is 11.3 Å². The molecule has 0 radical (unpaired) electrons. The van der Waals surface area contributed by atoms with E-state index >= 15 is 0 Å². The van der Waals surface area contributed by atoms with Gasteiger partial charge in [0, 0.05) is 18.8 Å². The minimum Gasteiger partial charge on any atom is -0.494 e. The number of benzene rings is 2. The highest BCUT2D eigenvalue weighted by molar-refractivity contribution is 5.47. The Morgan fingerprint density at radius 3 is 2.48 bits per heavy atom. The van der Waals surface area contributed by atoms with E-state index in [-0.39, 0.29) is 11.6 Å². The van der Waals surface area contributed by atoms with E-state index in [4.69, 9.17) is 4.74 Å². The smallest absolute Gasteiger partial charge is 0.165 e. The summed E-state index contributed by atoms with van der Waals surface area (Å²) in [5.41, 5.74) is 1.83. The van der Waals surface area contributed by atoms with Crippen LogP contribution in [0.1, 0.15) is 12.5 Å². The SMILES string of the molecule is COc1ccc(CN(CC(C)O)c2ccccc2)cc1F. The quantitative estimate of drug-likeness (QED) is 0.886. The number of halogens is 1. The molecule has 0 amide bonds. The number of aliphatic hydroxyl groups is 1. The summed E-state index contributed by atoms with van der Waals surface area (Å²) in [5.74, 6) is -0.138. The molecule has 2 aromatic rings. The first-order chi connectivity index (χ1) is 10.1. The molecule has 112 valence electrons. The fourth-order valence-electron chi connectivity index (χ4n) is 2.25. The number of hydrogen-bond acceptors (Lipinski definition) is 3. The lowest BCUT2D eigenvalue weighted by Crippen LogP contribution is -2.30. The van der Waals surface area contributed by atoms with Gasteiger partial charge in [-0.05, 0) is 36.8 Å². The van der Waals surface area contributed by atoms with Crippen molar-refractivity contribution < 1.29 is 14.2 Å². The molecule has 0 saturated carbocycles. The largest absolute Gasteiger partial charge is 0.494 e. The number of ether oxygens (including phenoxy) is 1. The molecule has 2 aromatic carbocycles. The molecule has 0 fully saturated rings. The van der Waals surface area contributed by atoms with Crippen LogP contribution in [0.15, 0.2) is 48.5 Å². The van der Waals surface area contributed by atoms with Crippen LogP contribution in [0.2, 0.25) is 0 Å². The second kappa shape index (κ2) is 7.09. The van der Waals surface area contributed by atoms with Crippen molar-refractivity contribution in [2.45, 2.75) is 19.6 Å². The van der Waals surface area contributed by atoms with Crippen molar-refractivity contribution in [2.24, 2.45) is 0 Å². The number of rotatable bonds is 6. The standard InChI is InChI=1S/C17H20FNO2/c1-13(20)11-19(15-6-4-3-5-7-15)12-14-8-9-17(21-2)16(18)10-14/h3-10,13,20H,11-12H2,1-2H3. The molecule has 4 heteroatoms. The predicted molar refractivity (Wildman–Crippen MR) is 82.1 cm³/mol. The lowest BCUT2D eigenvalue weighted by molar-refractivity contribution is 0.199. The van der Waals surface area contributed by atoms with Crippen molar-refractivity contribution in [1.29, 1.82) is 0 Å². The molecule has 1 N–H and O–H groups in total. The van der Waals surface area contributed by atoms with E-state index in [1.165, 1.54) is 13.2 Å². The maximum atomic E-state index is 13.8. The average Bonchev–Trinajstić information content (AvgIpc) is 2.47. The Bertz CT molecular complexity index is 572. The van der Waals surface area contributed by atoms with Crippen LogP contribution in [0.25, 0.3) is 0 Å². The third-order valence-corrected chi connectivity index (χ3v) is 3.20. The topological polar surface area (TPSA) is 32.7 Å². The number of nitrogens with zero attached hydrogens (tertiary/aromatic N) is 1. The number of anilines is 1. The zero-order chi connectivity index (χ0) is 15.2. The summed E-state index contributed by atoms with van der Waals surface area (Å²) in [6.07, 6.45) is -0.465. The first-order valence-electron chi connectivity index (χ1n) is 6.90. The van der Waals surface area contributed by atoms with E-state index in [1.807, 2.05) is 41.3 Å². The Kier molecular flexibility index (Phi) is 5.17. The number of methoxy groups -OCH3 is 1. The first-order valence-corrected chi connectivity index (χ1v) is 6.90. The van der Waals surface area contributed by atoms with Crippen LogP contribution in [-0.2, 0) is 6.54 Å². The summed E-state index contributed by atoms with van der Waals surface area (Å²) in [6.45, 7) is 2.75. The van der Waals surface area contributed by atoms with Gasteiger partial charge in [0.15, 0.2) is 11.6 Å². The Morgan fingerprint density at radius 1 is 1.19 bits per heavy atom. The fourth-order valence-corrected chi connectivity index (χ4v) is 2.25. The molecule has 0 aromatic heterocycles. The van der Waals surface area contributed by atoms with Crippen LogP contribution in [0.5, 0.6) is 5.75 Å². The maximum absolute atomic E-state index is 13.8. The van der Waals surface area contributed by atoms with Gasteiger partial charge in [-0.1, -0.05) is 24.3 Å². The summed E-state index contributed by atoms with van der Waals surface area (Å²) < 4.78 is 18.7. The van der Waals surface area contributed by atoms with Crippen LogP contribution in [-0.4, -0.2) is 24.9 Å². The Labute approximate surface area is 124 Å². The van der Waals surface area contributed by atoms with Crippen LogP contribution in [0, 0.1) is 5.82 Å². The molecule has 0 aliphatic rings. The fraction of sp³-hybridized carbons (Fsp3) is 0.294. The van der Waals surface area contributed by atoms with Gasteiger partial charge < -0.3 is 14.7 Å². The van der Waals surface area contributed by atoms with Crippen LogP contribution >= 0.6 is 0 Å². The van der Waals surface area contributed by atoms with Gasteiger partial charge in [-0.15, -0.1) is 0 Å². The zero-order valence-electron chi connectivity index (χ0n) is 12.3. The third-order valence-electron chi connectivity index (χ3n) is 3.20. The number of hydrogen-bond donors (Lipinski definition) is 1. The van der Waals surface area contributed by atoms with Crippen molar-refractivity contribution in [3.63, 3.8) is 0 Å². The zero-order valence-corrected chi connectivity index (χ0v) is 12.3. The van der Waals surface area contributed by atoms with Crippen LogP contribution in [0.4, 0.5) is 10.1 Å². The maximum Gasteiger partial charge on any atom is 0.165 e. The lowest BCUT2D eigenvalue weighted by Gasteiger charge is -2.26. The van der Waals surface area contributed by atoms with Crippen molar-refractivity contribution >= 4 is 5.69 Å². The van der Waals surface area contributed by atoms with Crippen molar-refractivity contribution in [3.8, 4) is 5.75 Å².